The first-order valence-corrected chi connectivity index (χ1v) is 12.6. The number of amides is 4. The third-order valence-corrected chi connectivity index (χ3v) is 6.98. The van der Waals surface area contributed by atoms with Crippen LogP contribution in [-0.2, 0) is 16.0 Å². The fraction of sp³-hybridized carbons (Fsp3) is 0.346. The lowest BCUT2D eigenvalue weighted by Gasteiger charge is -2.40. The Bertz CT molecular complexity index is 1180. The minimum Gasteiger partial charge on any atom is -0.361 e. The lowest BCUT2D eigenvalue weighted by molar-refractivity contribution is -0.149. The van der Waals surface area contributed by atoms with Crippen molar-refractivity contribution in [1.29, 1.82) is 0 Å². The van der Waals surface area contributed by atoms with Crippen LogP contribution in [0.15, 0.2) is 66.5 Å². The zero-order valence-electron chi connectivity index (χ0n) is 20.6. The number of hydrogen-bond donors (Lipinski definition) is 2. The molecule has 194 valence electrons. The van der Waals surface area contributed by atoms with Crippen molar-refractivity contribution in [2.24, 2.45) is 0 Å². The molecule has 1 atom stereocenters. The van der Waals surface area contributed by atoms with Gasteiger partial charge in [-0.1, -0.05) is 41.9 Å². The third-order valence-electron chi connectivity index (χ3n) is 6.73. The number of piperazine rings is 1. The molecule has 3 aliphatic heterocycles. The Morgan fingerprint density at radius 2 is 1.68 bits per heavy atom. The molecule has 2 aromatic carbocycles. The normalized spacial score (nSPS) is 18.5. The molecule has 0 aromatic heterocycles. The van der Waals surface area contributed by atoms with Gasteiger partial charge in [0.2, 0.25) is 5.91 Å². The van der Waals surface area contributed by atoms with Gasteiger partial charge in [-0.3, -0.25) is 9.59 Å². The zero-order chi connectivity index (χ0) is 25.9. The Labute approximate surface area is 221 Å². The first-order valence-electron chi connectivity index (χ1n) is 12.3. The average molecular weight is 524 g/mol. The van der Waals surface area contributed by atoms with Crippen LogP contribution in [0.2, 0.25) is 5.02 Å². The number of anilines is 1. The Kier molecular flexibility index (Phi) is 7.20. The predicted molar refractivity (Wildman–Crippen MR) is 140 cm³/mol. The number of rotatable bonds is 6. The van der Waals surface area contributed by atoms with E-state index in [-0.39, 0.29) is 11.8 Å². The number of fused-ring (bicyclic) bond motifs is 1. The number of benzene rings is 2. The number of carbonyl (C=O) groups is 3. The van der Waals surface area contributed by atoms with Crippen molar-refractivity contribution in [2.75, 3.05) is 51.9 Å². The van der Waals surface area contributed by atoms with E-state index in [4.69, 9.17) is 11.6 Å². The molecule has 3 heterocycles. The maximum Gasteiger partial charge on any atom is 0.319 e. The minimum absolute atomic E-state index is 0.00776. The fourth-order valence-corrected chi connectivity index (χ4v) is 4.98. The van der Waals surface area contributed by atoms with Crippen molar-refractivity contribution in [3.8, 4) is 0 Å². The van der Waals surface area contributed by atoms with Crippen LogP contribution < -0.4 is 10.6 Å². The van der Waals surface area contributed by atoms with Crippen molar-refractivity contribution in [1.82, 2.24) is 30.0 Å². The van der Waals surface area contributed by atoms with Crippen LogP contribution in [0.5, 0.6) is 0 Å². The highest BCUT2D eigenvalue weighted by Gasteiger charge is 2.41. The van der Waals surface area contributed by atoms with E-state index in [0.717, 1.165) is 5.56 Å². The van der Waals surface area contributed by atoms with Crippen molar-refractivity contribution in [3.63, 3.8) is 0 Å². The summed E-state index contributed by atoms with van der Waals surface area (Å²) in [5, 5.41) is 9.98. The van der Waals surface area contributed by atoms with E-state index in [1.54, 1.807) is 34.2 Å². The highest BCUT2D eigenvalue weighted by atomic mass is 35.5. The lowest BCUT2D eigenvalue weighted by atomic mass is 10.0. The standard InChI is InChI=1S/C26H30ClN7O3/c1-30-16-23-25(36)34(18-32(23)17-30)33-13-11-31(12-14-33)24(35)22(15-19-5-3-2-4-6-19)29-26(37)28-21-9-7-20(27)8-10-21/h2-10,16,22H,11-15,17-18H2,1H3,(H2,28,29,37). The van der Waals surface area contributed by atoms with Crippen molar-refractivity contribution < 1.29 is 14.4 Å². The highest BCUT2D eigenvalue weighted by Crippen LogP contribution is 2.26. The third kappa shape index (κ3) is 5.65. The molecule has 3 aliphatic rings. The van der Waals surface area contributed by atoms with Crippen LogP contribution >= 0.6 is 11.6 Å². The predicted octanol–water partition coefficient (Wildman–Crippen LogP) is 1.98. The molecule has 0 radical (unpaired) electrons. The van der Waals surface area contributed by atoms with Gasteiger partial charge in [-0.05, 0) is 29.8 Å². The van der Waals surface area contributed by atoms with Gasteiger partial charge in [-0.15, -0.1) is 0 Å². The molecule has 11 heteroatoms. The molecule has 10 nitrogen and oxygen atoms in total. The SMILES string of the molecule is CN1C=C2C(=O)N(N3CCN(C(=O)C(Cc4ccccc4)NC(=O)Nc4ccc(Cl)cc4)CC3)CN2C1. The number of nitrogens with zero attached hydrogens (tertiary/aromatic N) is 5. The molecule has 2 N–H and O–H groups in total. The monoisotopic (exact) mass is 523 g/mol. The van der Waals surface area contributed by atoms with Gasteiger partial charge in [0.1, 0.15) is 18.4 Å². The van der Waals surface area contributed by atoms with Gasteiger partial charge in [-0.25, -0.2) is 14.8 Å². The van der Waals surface area contributed by atoms with E-state index < -0.39 is 12.1 Å². The Morgan fingerprint density at radius 3 is 2.35 bits per heavy atom. The molecule has 0 bridgehead atoms. The Hall–Kier alpha value is -3.76. The van der Waals surface area contributed by atoms with Crippen LogP contribution in [-0.4, -0.2) is 95.2 Å². The van der Waals surface area contributed by atoms with Gasteiger partial charge in [0, 0.05) is 56.6 Å². The second kappa shape index (κ2) is 10.7. The average Bonchev–Trinajstić information content (AvgIpc) is 3.41. The summed E-state index contributed by atoms with van der Waals surface area (Å²) in [5.41, 5.74) is 2.24. The quantitative estimate of drug-likeness (QED) is 0.601. The first-order chi connectivity index (χ1) is 17.9. The van der Waals surface area contributed by atoms with Crippen LogP contribution in [0.1, 0.15) is 5.56 Å². The molecule has 0 saturated carbocycles. The molecule has 2 fully saturated rings. The summed E-state index contributed by atoms with van der Waals surface area (Å²) in [7, 11) is 1.95. The van der Waals surface area contributed by atoms with E-state index in [9.17, 15) is 14.4 Å². The summed E-state index contributed by atoms with van der Waals surface area (Å²) in [6, 6.07) is 15.2. The van der Waals surface area contributed by atoms with Crippen LogP contribution in [0.3, 0.4) is 0 Å². The second-order valence-corrected chi connectivity index (χ2v) is 9.86. The number of hydrogen-bond acceptors (Lipinski definition) is 6. The van der Waals surface area contributed by atoms with Crippen molar-refractivity contribution in [3.05, 3.63) is 77.1 Å². The summed E-state index contributed by atoms with van der Waals surface area (Å²) in [6.45, 7) is 3.24. The zero-order valence-corrected chi connectivity index (χ0v) is 21.4. The Balaban J connectivity index is 1.22. The molecule has 0 spiro atoms. The molecule has 2 saturated heterocycles. The molecule has 4 amide bonds. The van der Waals surface area contributed by atoms with Gasteiger partial charge in [-0.2, -0.15) is 0 Å². The van der Waals surface area contributed by atoms with Gasteiger partial charge in [0.15, 0.2) is 0 Å². The molecule has 2 aromatic rings. The number of urea groups is 1. The molecule has 37 heavy (non-hydrogen) atoms. The van der Waals surface area contributed by atoms with Crippen LogP contribution in [0.25, 0.3) is 0 Å². The number of nitrogens with one attached hydrogen (secondary N) is 2. The topological polar surface area (TPSA) is 91.5 Å². The van der Waals surface area contributed by atoms with Crippen LogP contribution in [0, 0.1) is 0 Å². The minimum atomic E-state index is -0.735. The van der Waals surface area contributed by atoms with Gasteiger partial charge in [0.05, 0.1) is 6.67 Å². The maximum absolute atomic E-state index is 13.6. The largest absolute Gasteiger partial charge is 0.361 e. The van der Waals surface area contributed by atoms with E-state index in [1.807, 2.05) is 58.4 Å². The Morgan fingerprint density at radius 1 is 0.973 bits per heavy atom. The lowest BCUT2D eigenvalue weighted by Crippen LogP contribution is -2.59. The smallest absolute Gasteiger partial charge is 0.319 e. The summed E-state index contributed by atoms with van der Waals surface area (Å²) >= 11 is 5.93. The van der Waals surface area contributed by atoms with Crippen LogP contribution in [0.4, 0.5) is 10.5 Å². The second-order valence-electron chi connectivity index (χ2n) is 9.43. The van der Waals surface area contributed by atoms with E-state index in [2.05, 4.69) is 10.6 Å². The number of carbonyl (C=O) groups excluding carboxylic acids is 3. The molecular weight excluding hydrogens is 494 g/mol. The van der Waals surface area contributed by atoms with E-state index in [1.165, 1.54) is 0 Å². The molecular formula is C26H30ClN7O3. The number of hydrazine groups is 1. The molecule has 1 unspecified atom stereocenters. The summed E-state index contributed by atoms with van der Waals surface area (Å²) in [4.78, 5) is 45.0. The van der Waals surface area contributed by atoms with E-state index >= 15 is 0 Å². The van der Waals surface area contributed by atoms with Crippen molar-refractivity contribution >= 4 is 35.1 Å². The summed E-state index contributed by atoms with van der Waals surface area (Å²) in [6.07, 6.45) is 2.24. The fourth-order valence-electron chi connectivity index (χ4n) is 4.85. The molecule has 5 rings (SSSR count). The van der Waals surface area contributed by atoms with Gasteiger partial charge < -0.3 is 25.3 Å². The van der Waals surface area contributed by atoms with Gasteiger partial charge in [0.25, 0.3) is 5.91 Å². The van der Waals surface area contributed by atoms with Gasteiger partial charge >= 0.3 is 6.03 Å². The molecule has 0 aliphatic carbocycles. The first kappa shape index (κ1) is 24.9. The maximum atomic E-state index is 13.6. The highest BCUT2D eigenvalue weighted by molar-refractivity contribution is 6.30. The van der Waals surface area contributed by atoms with Crippen molar-refractivity contribution in [2.45, 2.75) is 12.5 Å². The van der Waals surface area contributed by atoms with E-state index in [0.29, 0.717) is 62.3 Å². The summed E-state index contributed by atoms with van der Waals surface area (Å²) < 4.78 is 0. The number of halogens is 1. The summed E-state index contributed by atoms with van der Waals surface area (Å²) in [5.74, 6) is -0.154.